The van der Waals surface area contributed by atoms with Crippen molar-refractivity contribution < 1.29 is 13.2 Å². The van der Waals surface area contributed by atoms with Crippen LogP contribution in [0.4, 0.5) is 5.69 Å². The molecule has 24 heavy (non-hydrogen) atoms. The first-order chi connectivity index (χ1) is 11.4. The Kier molecular flexibility index (Phi) is 4.43. The first kappa shape index (κ1) is 16.7. The van der Waals surface area contributed by atoms with Gasteiger partial charge in [0, 0.05) is 25.7 Å². The standard InChI is InChI=1S/C18H20N2O3S/c1-13-5-3-4-6-16(13)12-19-24(22,23)17-8-7-15-9-10-20(14(2)21)18(15)11-17/h3-8,11,19H,9-10,12H2,1-2H3. The number of carbonyl (C=O) groups excluding carboxylic acids is 1. The molecule has 3 rings (SSSR count). The number of amides is 1. The van der Waals surface area contributed by atoms with Crippen molar-refractivity contribution in [3.05, 3.63) is 59.2 Å². The average molecular weight is 344 g/mol. The van der Waals surface area contributed by atoms with E-state index in [1.54, 1.807) is 23.1 Å². The van der Waals surface area contributed by atoms with Crippen LogP contribution in [0.5, 0.6) is 0 Å². The lowest BCUT2D eigenvalue weighted by Crippen LogP contribution is -2.27. The van der Waals surface area contributed by atoms with Crippen LogP contribution >= 0.6 is 0 Å². The minimum Gasteiger partial charge on any atom is -0.312 e. The van der Waals surface area contributed by atoms with Gasteiger partial charge >= 0.3 is 0 Å². The number of aryl methyl sites for hydroxylation is 1. The van der Waals surface area contributed by atoms with Gasteiger partial charge in [0.15, 0.2) is 0 Å². The number of rotatable bonds is 4. The third kappa shape index (κ3) is 3.20. The van der Waals surface area contributed by atoms with Crippen LogP contribution < -0.4 is 9.62 Å². The van der Waals surface area contributed by atoms with Crippen molar-refractivity contribution in [2.45, 2.75) is 31.7 Å². The van der Waals surface area contributed by atoms with Crippen LogP contribution in [0.2, 0.25) is 0 Å². The summed E-state index contributed by atoms with van der Waals surface area (Å²) >= 11 is 0. The maximum atomic E-state index is 12.6. The highest BCUT2D eigenvalue weighted by molar-refractivity contribution is 7.89. The lowest BCUT2D eigenvalue weighted by molar-refractivity contribution is -0.116. The van der Waals surface area contributed by atoms with Crippen LogP contribution in [0, 0.1) is 6.92 Å². The van der Waals surface area contributed by atoms with Gasteiger partial charge in [-0.2, -0.15) is 0 Å². The molecule has 2 aromatic carbocycles. The SMILES string of the molecule is CC(=O)N1CCc2ccc(S(=O)(=O)NCc3ccccc3C)cc21. The molecule has 0 aliphatic carbocycles. The highest BCUT2D eigenvalue weighted by atomic mass is 32.2. The second-order valence-corrected chi connectivity index (χ2v) is 7.73. The molecule has 1 aliphatic heterocycles. The molecule has 0 saturated heterocycles. The van der Waals surface area contributed by atoms with Crippen molar-refractivity contribution in [2.75, 3.05) is 11.4 Å². The minimum atomic E-state index is -3.63. The van der Waals surface area contributed by atoms with E-state index in [0.717, 1.165) is 23.1 Å². The molecule has 0 aromatic heterocycles. The van der Waals surface area contributed by atoms with E-state index in [-0.39, 0.29) is 17.3 Å². The molecule has 0 bridgehead atoms. The Morgan fingerprint density at radius 1 is 1.21 bits per heavy atom. The van der Waals surface area contributed by atoms with Crippen molar-refractivity contribution >= 4 is 21.6 Å². The summed E-state index contributed by atoms with van der Waals surface area (Å²) in [5, 5.41) is 0. The molecule has 126 valence electrons. The van der Waals surface area contributed by atoms with Crippen molar-refractivity contribution in [2.24, 2.45) is 0 Å². The molecular weight excluding hydrogens is 324 g/mol. The van der Waals surface area contributed by atoms with Gasteiger partial charge in [-0.1, -0.05) is 30.3 Å². The van der Waals surface area contributed by atoms with Crippen LogP contribution in [-0.2, 0) is 27.8 Å². The fourth-order valence-corrected chi connectivity index (χ4v) is 3.94. The topological polar surface area (TPSA) is 66.5 Å². The molecule has 0 unspecified atom stereocenters. The third-order valence-corrected chi connectivity index (χ3v) is 5.76. The predicted octanol–water partition coefficient (Wildman–Crippen LogP) is 2.38. The molecule has 6 heteroatoms. The summed E-state index contributed by atoms with van der Waals surface area (Å²) in [7, 11) is -3.63. The Bertz CT molecular complexity index is 891. The monoisotopic (exact) mass is 344 g/mol. The van der Waals surface area contributed by atoms with Crippen LogP contribution in [0.15, 0.2) is 47.4 Å². The maximum Gasteiger partial charge on any atom is 0.240 e. The van der Waals surface area contributed by atoms with Crippen molar-refractivity contribution in [3.63, 3.8) is 0 Å². The predicted molar refractivity (Wildman–Crippen MR) is 93.4 cm³/mol. The number of anilines is 1. The Morgan fingerprint density at radius 3 is 2.67 bits per heavy atom. The van der Waals surface area contributed by atoms with Crippen molar-refractivity contribution in [1.29, 1.82) is 0 Å². The molecule has 2 aromatic rings. The molecule has 0 atom stereocenters. The van der Waals surface area contributed by atoms with Gasteiger partial charge in [0.2, 0.25) is 15.9 Å². The number of fused-ring (bicyclic) bond motifs is 1. The van der Waals surface area contributed by atoms with E-state index in [4.69, 9.17) is 0 Å². The Balaban J connectivity index is 1.84. The normalized spacial score (nSPS) is 13.8. The van der Waals surface area contributed by atoms with Gasteiger partial charge < -0.3 is 4.90 Å². The van der Waals surface area contributed by atoms with Crippen LogP contribution in [0.3, 0.4) is 0 Å². The summed E-state index contributed by atoms with van der Waals surface area (Å²) < 4.78 is 27.8. The molecule has 0 fully saturated rings. The van der Waals surface area contributed by atoms with Gasteiger partial charge in [0.25, 0.3) is 0 Å². The second kappa shape index (κ2) is 6.37. The number of sulfonamides is 1. The molecule has 0 spiro atoms. The van der Waals surface area contributed by atoms with Crippen LogP contribution in [0.25, 0.3) is 0 Å². The van der Waals surface area contributed by atoms with E-state index < -0.39 is 10.0 Å². The molecule has 5 nitrogen and oxygen atoms in total. The number of carbonyl (C=O) groups is 1. The van der Waals surface area contributed by atoms with Crippen molar-refractivity contribution in [3.8, 4) is 0 Å². The largest absolute Gasteiger partial charge is 0.312 e. The Morgan fingerprint density at radius 2 is 1.96 bits per heavy atom. The van der Waals surface area contributed by atoms with E-state index in [0.29, 0.717) is 12.2 Å². The van der Waals surface area contributed by atoms with E-state index in [1.165, 1.54) is 6.92 Å². The maximum absolute atomic E-state index is 12.6. The zero-order valence-corrected chi connectivity index (χ0v) is 14.6. The molecule has 1 N–H and O–H groups in total. The summed E-state index contributed by atoms with van der Waals surface area (Å²) in [5.41, 5.74) is 3.67. The first-order valence-corrected chi connectivity index (χ1v) is 9.32. The van der Waals surface area contributed by atoms with Gasteiger partial charge in [-0.3, -0.25) is 4.79 Å². The highest BCUT2D eigenvalue weighted by Gasteiger charge is 2.25. The number of nitrogens with zero attached hydrogens (tertiary/aromatic N) is 1. The van der Waals surface area contributed by atoms with Gasteiger partial charge in [0.05, 0.1) is 4.90 Å². The van der Waals surface area contributed by atoms with Crippen LogP contribution in [0.1, 0.15) is 23.6 Å². The lowest BCUT2D eigenvalue weighted by atomic mass is 10.1. The van der Waals surface area contributed by atoms with E-state index in [1.807, 2.05) is 31.2 Å². The highest BCUT2D eigenvalue weighted by Crippen LogP contribution is 2.30. The summed E-state index contributed by atoms with van der Waals surface area (Å²) in [6.07, 6.45) is 0.756. The van der Waals surface area contributed by atoms with E-state index in [2.05, 4.69) is 4.72 Å². The number of nitrogens with one attached hydrogen (secondary N) is 1. The number of hydrogen-bond donors (Lipinski definition) is 1. The van der Waals surface area contributed by atoms with Gasteiger partial charge in [-0.15, -0.1) is 0 Å². The molecule has 1 amide bonds. The lowest BCUT2D eigenvalue weighted by Gasteiger charge is -2.16. The summed E-state index contributed by atoms with van der Waals surface area (Å²) in [5.74, 6) is -0.0730. The number of hydrogen-bond acceptors (Lipinski definition) is 3. The zero-order chi connectivity index (χ0) is 17.3. The van der Waals surface area contributed by atoms with E-state index in [9.17, 15) is 13.2 Å². The first-order valence-electron chi connectivity index (χ1n) is 7.84. The fourth-order valence-electron chi connectivity index (χ4n) is 2.92. The molecule has 0 saturated carbocycles. The van der Waals surface area contributed by atoms with Crippen LogP contribution in [-0.4, -0.2) is 20.9 Å². The third-order valence-electron chi connectivity index (χ3n) is 4.36. The smallest absolute Gasteiger partial charge is 0.240 e. The Hall–Kier alpha value is -2.18. The zero-order valence-electron chi connectivity index (χ0n) is 13.7. The minimum absolute atomic E-state index is 0.0730. The molecule has 1 heterocycles. The molecule has 0 radical (unpaired) electrons. The molecular formula is C18H20N2O3S. The summed E-state index contributed by atoms with van der Waals surface area (Å²) in [6.45, 7) is 4.28. The second-order valence-electron chi connectivity index (χ2n) is 5.96. The summed E-state index contributed by atoms with van der Waals surface area (Å²) in [6, 6.07) is 12.6. The fraction of sp³-hybridized carbons (Fsp3) is 0.278. The van der Waals surface area contributed by atoms with Gasteiger partial charge in [-0.05, 0) is 42.2 Å². The number of benzene rings is 2. The quantitative estimate of drug-likeness (QED) is 0.926. The Labute approximate surface area is 142 Å². The van der Waals surface area contributed by atoms with E-state index >= 15 is 0 Å². The van der Waals surface area contributed by atoms with Gasteiger partial charge in [0.1, 0.15) is 0 Å². The molecule has 1 aliphatic rings. The van der Waals surface area contributed by atoms with Gasteiger partial charge in [-0.25, -0.2) is 13.1 Å². The van der Waals surface area contributed by atoms with Crippen molar-refractivity contribution in [1.82, 2.24) is 4.72 Å². The average Bonchev–Trinajstić information content (AvgIpc) is 2.97. The summed E-state index contributed by atoms with van der Waals surface area (Å²) in [4.78, 5) is 13.5.